The first-order valence-corrected chi connectivity index (χ1v) is 21.2. The molecule has 9 rings (SSSR count). The average Bonchev–Trinajstić information content (AvgIpc) is 3.29. The smallest absolute Gasteiger partial charge is 0.257 e. The van der Waals surface area contributed by atoms with Crippen molar-refractivity contribution in [1.29, 1.82) is 0 Å². The van der Waals surface area contributed by atoms with Gasteiger partial charge in [0.05, 0.1) is 77.3 Å². The summed E-state index contributed by atoms with van der Waals surface area (Å²) in [6, 6.07) is 31.8. The SMILES string of the molecule is O=C(Nc1cccc2c1C(=O)c1cccc(NC(=O)c3ccccc3C(=O)Nc3cccc4c3C(=O)c3cccc(NC(=O)c5ccc(Cl)cc5Cl)c3C4=O)c1C2=O)c1ccc(Cl)cc1Cl. The standard InChI is InChI=1S/C50H26Cl4N4O8/c51-23-17-19-27(33(53)21-23)49(65)57-37-15-5-11-31-41(37)45(61)29-9-3-13-35(39(29)43(31)59)55-47(63)25-7-1-2-8-26(25)48(64)56-36-14-4-10-30-40(36)44(60)32-12-6-16-38(42(32)46(30)62)58-50(66)28-20-18-24(52)22-34(28)54/h1-22H,(H,55,63)(H,56,64)(H,57,65)(H,58,66). The van der Waals surface area contributed by atoms with E-state index in [1.807, 2.05) is 0 Å². The molecule has 0 unspecified atom stereocenters. The highest BCUT2D eigenvalue weighted by Gasteiger charge is 2.36. The zero-order chi connectivity index (χ0) is 46.6. The molecule has 0 spiro atoms. The topological polar surface area (TPSA) is 185 Å². The molecule has 4 N–H and O–H groups in total. The lowest BCUT2D eigenvalue weighted by Gasteiger charge is -2.23. The highest BCUT2D eigenvalue weighted by atomic mass is 35.5. The van der Waals surface area contributed by atoms with Gasteiger partial charge in [-0.1, -0.05) is 107 Å². The van der Waals surface area contributed by atoms with Crippen molar-refractivity contribution >= 4 is 116 Å². The van der Waals surface area contributed by atoms with Crippen molar-refractivity contribution in [1.82, 2.24) is 0 Å². The van der Waals surface area contributed by atoms with E-state index in [0.717, 1.165) is 0 Å². The molecule has 4 amide bonds. The van der Waals surface area contributed by atoms with Crippen LogP contribution in [0.1, 0.15) is 105 Å². The number of fused-ring (bicyclic) bond motifs is 4. The van der Waals surface area contributed by atoms with Crippen LogP contribution in [0.15, 0.2) is 133 Å². The molecule has 66 heavy (non-hydrogen) atoms. The normalized spacial score (nSPS) is 12.3. The monoisotopic (exact) mass is 950 g/mol. The highest BCUT2D eigenvalue weighted by molar-refractivity contribution is 6.39. The second kappa shape index (κ2) is 17.3. The molecule has 7 aromatic carbocycles. The van der Waals surface area contributed by atoms with Crippen molar-refractivity contribution in [3.8, 4) is 0 Å². The quantitative estimate of drug-likeness (QED) is 0.116. The number of hydrogen-bond donors (Lipinski definition) is 4. The van der Waals surface area contributed by atoms with Gasteiger partial charge in [0, 0.05) is 32.3 Å². The maximum atomic E-state index is 14.2. The van der Waals surface area contributed by atoms with Gasteiger partial charge in [0.1, 0.15) is 0 Å². The number of ketones is 4. The first kappa shape index (κ1) is 43.5. The Kier molecular flexibility index (Phi) is 11.4. The molecule has 12 nitrogen and oxygen atoms in total. The van der Waals surface area contributed by atoms with Gasteiger partial charge in [0.2, 0.25) is 0 Å². The van der Waals surface area contributed by atoms with Gasteiger partial charge < -0.3 is 21.3 Å². The Morgan fingerprint density at radius 1 is 0.318 bits per heavy atom. The van der Waals surface area contributed by atoms with Crippen LogP contribution in [0.3, 0.4) is 0 Å². The average molecular weight is 953 g/mol. The zero-order valence-corrected chi connectivity index (χ0v) is 36.5. The fourth-order valence-corrected chi connectivity index (χ4v) is 8.87. The maximum Gasteiger partial charge on any atom is 0.257 e. The molecule has 0 radical (unpaired) electrons. The van der Waals surface area contributed by atoms with Gasteiger partial charge in [-0.2, -0.15) is 0 Å². The Hall–Kier alpha value is -7.74. The van der Waals surface area contributed by atoms with Crippen molar-refractivity contribution in [3.05, 3.63) is 220 Å². The minimum absolute atomic E-state index is 0.0224. The molecule has 7 aromatic rings. The van der Waals surface area contributed by atoms with Crippen LogP contribution >= 0.6 is 46.4 Å². The van der Waals surface area contributed by atoms with Crippen molar-refractivity contribution in [2.75, 3.05) is 21.3 Å². The van der Waals surface area contributed by atoms with E-state index < -0.39 is 46.8 Å². The summed E-state index contributed by atoms with van der Waals surface area (Å²) in [5.41, 5.74) is -0.483. The minimum atomic E-state index is -0.814. The summed E-state index contributed by atoms with van der Waals surface area (Å²) in [5, 5.41) is 11.5. The molecule has 0 saturated carbocycles. The molecular weight excluding hydrogens is 926 g/mol. The van der Waals surface area contributed by atoms with Crippen LogP contribution in [-0.4, -0.2) is 46.8 Å². The molecule has 0 atom stereocenters. The number of carbonyl (C=O) groups excluding carboxylic acids is 8. The fraction of sp³-hybridized carbons (Fsp3) is 0. The molecule has 0 bridgehead atoms. The number of rotatable bonds is 8. The molecule has 16 heteroatoms. The third kappa shape index (κ3) is 7.71. The van der Waals surface area contributed by atoms with Gasteiger partial charge in [-0.05, 0) is 72.8 Å². The predicted octanol–water partition coefficient (Wildman–Crippen LogP) is 10.9. The number of hydrogen-bond acceptors (Lipinski definition) is 8. The largest absolute Gasteiger partial charge is 0.321 e. The van der Waals surface area contributed by atoms with E-state index in [1.54, 1.807) is 0 Å². The van der Waals surface area contributed by atoms with Crippen LogP contribution in [0.2, 0.25) is 20.1 Å². The summed E-state index contributed by atoms with van der Waals surface area (Å²) in [7, 11) is 0. The lowest BCUT2D eigenvalue weighted by Crippen LogP contribution is -2.27. The van der Waals surface area contributed by atoms with Crippen LogP contribution in [0, 0.1) is 0 Å². The summed E-state index contributed by atoms with van der Waals surface area (Å²) in [6.07, 6.45) is 0. The number of benzene rings is 7. The van der Waals surface area contributed by atoms with E-state index >= 15 is 0 Å². The van der Waals surface area contributed by atoms with Gasteiger partial charge in [0.15, 0.2) is 23.1 Å². The number of nitrogens with one attached hydrogen (secondary N) is 4. The third-order valence-electron chi connectivity index (χ3n) is 10.9. The molecule has 0 saturated heterocycles. The first-order chi connectivity index (χ1) is 31.7. The van der Waals surface area contributed by atoms with E-state index in [-0.39, 0.29) is 99.6 Å². The summed E-state index contributed by atoms with van der Waals surface area (Å²) < 4.78 is 0. The van der Waals surface area contributed by atoms with Gasteiger partial charge >= 0.3 is 0 Å². The Labute approximate surface area is 393 Å². The number of halogens is 4. The molecule has 0 aliphatic heterocycles. The number of carbonyl (C=O) groups is 8. The van der Waals surface area contributed by atoms with Crippen molar-refractivity contribution < 1.29 is 38.4 Å². The van der Waals surface area contributed by atoms with Gasteiger partial charge in [-0.25, -0.2) is 0 Å². The van der Waals surface area contributed by atoms with Gasteiger partial charge in [-0.15, -0.1) is 0 Å². The van der Waals surface area contributed by atoms with E-state index in [1.165, 1.54) is 133 Å². The van der Waals surface area contributed by atoms with Gasteiger partial charge in [0.25, 0.3) is 23.6 Å². The van der Waals surface area contributed by atoms with Crippen LogP contribution in [0.5, 0.6) is 0 Å². The molecule has 2 aliphatic rings. The first-order valence-electron chi connectivity index (χ1n) is 19.7. The zero-order valence-electron chi connectivity index (χ0n) is 33.5. The minimum Gasteiger partial charge on any atom is -0.321 e. The highest BCUT2D eigenvalue weighted by Crippen LogP contribution is 2.38. The Morgan fingerprint density at radius 3 is 0.864 bits per heavy atom. The molecule has 322 valence electrons. The molecule has 0 heterocycles. The van der Waals surface area contributed by atoms with Crippen molar-refractivity contribution in [2.24, 2.45) is 0 Å². The maximum absolute atomic E-state index is 14.2. The van der Waals surface area contributed by atoms with E-state index in [2.05, 4.69) is 21.3 Å². The van der Waals surface area contributed by atoms with Gasteiger partial charge in [-0.3, -0.25) is 38.4 Å². The molecule has 0 fully saturated rings. The summed E-state index contributed by atoms with van der Waals surface area (Å²) in [4.78, 5) is 111. The molecular formula is C50H26Cl4N4O8. The molecule has 2 aliphatic carbocycles. The number of amides is 4. The van der Waals surface area contributed by atoms with Crippen LogP contribution in [-0.2, 0) is 0 Å². The lowest BCUT2D eigenvalue weighted by atomic mass is 9.82. The van der Waals surface area contributed by atoms with Crippen LogP contribution in [0.25, 0.3) is 0 Å². The summed E-state index contributed by atoms with van der Waals surface area (Å²) in [5.74, 6) is -5.34. The van der Waals surface area contributed by atoms with Crippen molar-refractivity contribution in [2.45, 2.75) is 0 Å². The lowest BCUT2D eigenvalue weighted by molar-refractivity contribution is 0.0975. The Bertz CT molecular complexity index is 3170. The predicted molar refractivity (Wildman–Crippen MR) is 251 cm³/mol. The van der Waals surface area contributed by atoms with E-state index in [0.29, 0.717) is 10.0 Å². The summed E-state index contributed by atoms with van der Waals surface area (Å²) >= 11 is 24.5. The van der Waals surface area contributed by atoms with E-state index in [4.69, 9.17) is 46.4 Å². The third-order valence-corrected chi connectivity index (χ3v) is 12.0. The second-order valence-electron chi connectivity index (χ2n) is 14.8. The fourth-order valence-electron chi connectivity index (χ4n) is 7.88. The van der Waals surface area contributed by atoms with E-state index in [9.17, 15) is 38.4 Å². The second-order valence-corrected chi connectivity index (χ2v) is 16.5. The van der Waals surface area contributed by atoms with Crippen LogP contribution < -0.4 is 21.3 Å². The summed E-state index contributed by atoms with van der Waals surface area (Å²) in [6.45, 7) is 0. The van der Waals surface area contributed by atoms with Crippen molar-refractivity contribution in [3.63, 3.8) is 0 Å². The Morgan fingerprint density at radius 2 is 0.591 bits per heavy atom. The van der Waals surface area contributed by atoms with Crippen LogP contribution in [0.4, 0.5) is 22.7 Å². The Balaban J connectivity index is 0.966. The number of anilines is 4. The molecule has 0 aromatic heterocycles.